The Hall–Kier alpha value is -1.91. The first-order valence-corrected chi connectivity index (χ1v) is 6.47. The normalized spacial score (nSPS) is 10.2. The molecule has 0 heterocycles. The Bertz CT molecular complexity index is 642. The minimum atomic E-state index is -0.342. The van der Waals surface area contributed by atoms with Crippen molar-refractivity contribution < 1.29 is 9.53 Å². The van der Waals surface area contributed by atoms with Crippen LogP contribution in [0.5, 0.6) is 5.75 Å². The van der Waals surface area contributed by atoms with Gasteiger partial charge in [0.1, 0.15) is 5.75 Å². The van der Waals surface area contributed by atoms with E-state index in [1.54, 1.807) is 24.3 Å². The number of amides is 1. The molecular formula is C14H12Cl2N2O2. The van der Waals surface area contributed by atoms with E-state index in [1.165, 1.54) is 19.2 Å². The summed E-state index contributed by atoms with van der Waals surface area (Å²) >= 11 is 11.7. The van der Waals surface area contributed by atoms with Crippen molar-refractivity contribution in [1.82, 2.24) is 0 Å². The Balaban J connectivity index is 2.29. The van der Waals surface area contributed by atoms with Crippen LogP contribution in [0.1, 0.15) is 10.4 Å². The van der Waals surface area contributed by atoms with Crippen molar-refractivity contribution >= 4 is 40.5 Å². The van der Waals surface area contributed by atoms with E-state index in [0.717, 1.165) is 0 Å². The summed E-state index contributed by atoms with van der Waals surface area (Å²) in [5.41, 5.74) is 6.96. The van der Waals surface area contributed by atoms with Gasteiger partial charge in [-0.25, -0.2) is 0 Å². The van der Waals surface area contributed by atoms with Crippen molar-refractivity contribution in [2.45, 2.75) is 0 Å². The number of benzene rings is 2. The summed E-state index contributed by atoms with van der Waals surface area (Å²) in [5.74, 6) is 0.0180. The second kappa shape index (κ2) is 6.03. The third kappa shape index (κ3) is 3.15. The van der Waals surface area contributed by atoms with Gasteiger partial charge >= 0.3 is 0 Å². The van der Waals surface area contributed by atoms with Crippen molar-refractivity contribution in [2.24, 2.45) is 0 Å². The summed E-state index contributed by atoms with van der Waals surface area (Å²) in [6, 6.07) is 9.76. The standard InChI is InChI=1S/C14H12Cl2N2O2/c1-20-13-7-12(17)11(16)6-10(13)14(19)18-9-4-2-8(15)3-5-9/h2-7H,17H2,1H3,(H,18,19). The molecule has 0 aliphatic heterocycles. The maximum Gasteiger partial charge on any atom is 0.259 e. The molecule has 104 valence electrons. The molecule has 2 aromatic carbocycles. The van der Waals surface area contributed by atoms with Gasteiger partial charge in [0.25, 0.3) is 5.91 Å². The third-order valence-corrected chi connectivity index (χ3v) is 3.24. The number of nitrogens with one attached hydrogen (secondary N) is 1. The second-order valence-corrected chi connectivity index (χ2v) is 4.88. The van der Waals surface area contributed by atoms with Crippen LogP contribution in [0.15, 0.2) is 36.4 Å². The Morgan fingerprint density at radius 1 is 1.20 bits per heavy atom. The van der Waals surface area contributed by atoms with Gasteiger partial charge in [-0.15, -0.1) is 0 Å². The molecule has 0 spiro atoms. The molecule has 0 saturated carbocycles. The van der Waals surface area contributed by atoms with E-state index in [4.69, 9.17) is 33.7 Å². The van der Waals surface area contributed by atoms with E-state index >= 15 is 0 Å². The number of rotatable bonds is 3. The van der Waals surface area contributed by atoms with Gasteiger partial charge in [-0.2, -0.15) is 0 Å². The summed E-state index contributed by atoms with van der Waals surface area (Å²) in [6.07, 6.45) is 0. The van der Waals surface area contributed by atoms with Crippen molar-refractivity contribution in [2.75, 3.05) is 18.2 Å². The Kier molecular flexibility index (Phi) is 4.37. The van der Waals surface area contributed by atoms with Crippen LogP contribution in [0.3, 0.4) is 0 Å². The van der Waals surface area contributed by atoms with E-state index < -0.39 is 0 Å². The van der Waals surface area contributed by atoms with E-state index in [9.17, 15) is 4.79 Å². The highest BCUT2D eigenvalue weighted by molar-refractivity contribution is 6.33. The zero-order chi connectivity index (χ0) is 14.7. The first-order valence-electron chi connectivity index (χ1n) is 5.71. The van der Waals surface area contributed by atoms with Gasteiger partial charge in [0.15, 0.2) is 0 Å². The van der Waals surface area contributed by atoms with Crippen LogP contribution < -0.4 is 15.8 Å². The molecule has 0 fully saturated rings. The molecule has 6 heteroatoms. The SMILES string of the molecule is COc1cc(N)c(Cl)cc1C(=O)Nc1ccc(Cl)cc1. The van der Waals surface area contributed by atoms with Crippen LogP contribution >= 0.6 is 23.2 Å². The summed E-state index contributed by atoms with van der Waals surface area (Å²) < 4.78 is 5.14. The number of halogens is 2. The first kappa shape index (κ1) is 14.5. The number of hydrogen-bond acceptors (Lipinski definition) is 3. The van der Waals surface area contributed by atoms with Crippen molar-refractivity contribution in [3.8, 4) is 5.75 Å². The second-order valence-electron chi connectivity index (χ2n) is 4.04. The van der Waals surface area contributed by atoms with Gasteiger partial charge in [-0.3, -0.25) is 4.79 Å². The van der Waals surface area contributed by atoms with Crippen molar-refractivity contribution in [1.29, 1.82) is 0 Å². The topological polar surface area (TPSA) is 64.3 Å². The van der Waals surface area contributed by atoms with Crippen LogP contribution in [-0.2, 0) is 0 Å². The predicted octanol–water partition coefficient (Wildman–Crippen LogP) is 3.84. The van der Waals surface area contributed by atoms with Crippen LogP contribution in [0.2, 0.25) is 10.0 Å². The van der Waals surface area contributed by atoms with Gasteiger partial charge in [0.05, 0.1) is 23.4 Å². The van der Waals surface area contributed by atoms with E-state index in [0.29, 0.717) is 32.7 Å². The lowest BCUT2D eigenvalue weighted by atomic mass is 10.1. The highest BCUT2D eigenvalue weighted by Gasteiger charge is 2.15. The summed E-state index contributed by atoms with van der Waals surface area (Å²) in [5, 5.41) is 3.62. The van der Waals surface area contributed by atoms with Crippen LogP contribution in [0, 0.1) is 0 Å². The molecule has 0 radical (unpaired) electrons. The quantitative estimate of drug-likeness (QED) is 0.847. The molecule has 0 atom stereocenters. The molecule has 0 saturated heterocycles. The molecule has 0 unspecified atom stereocenters. The summed E-state index contributed by atoms with van der Waals surface area (Å²) in [7, 11) is 1.46. The summed E-state index contributed by atoms with van der Waals surface area (Å²) in [4.78, 5) is 12.2. The molecule has 2 aromatic rings. The zero-order valence-corrected chi connectivity index (χ0v) is 12.1. The fourth-order valence-electron chi connectivity index (χ4n) is 1.65. The molecule has 0 aliphatic rings. The number of carbonyl (C=O) groups is 1. The first-order chi connectivity index (χ1) is 9.51. The van der Waals surface area contributed by atoms with Crippen LogP contribution in [0.4, 0.5) is 11.4 Å². The Labute approximate surface area is 126 Å². The smallest absolute Gasteiger partial charge is 0.259 e. The number of ether oxygens (including phenoxy) is 1. The monoisotopic (exact) mass is 310 g/mol. The van der Waals surface area contributed by atoms with Gasteiger partial charge in [0.2, 0.25) is 0 Å². The number of hydrogen-bond donors (Lipinski definition) is 2. The molecule has 1 amide bonds. The molecule has 2 rings (SSSR count). The lowest BCUT2D eigenvalue weighted by Crippen LogP contribution is -2.13. The highest BCUT2D eigenvalue weighted by atomic mass is 35.5. The minimum absolute atomic E-state index is 0.298. The number of carbonyl (C=O) groups excluding carboxylic acids is 1. The highest BCUT2D eigenvalue weighted by Crippen LogP contribution is 2.29. The minimum Gasteiger partial charge on any atom is -0.496 e. The molecule has 4 nitrogen and oxygen atoms in total. The van der Waals surface area contributed by atoms with Crippen LogP contribution in [-0.4, -0.2) is 13.0 Å². The van der Waals surface area contributed by atoms with Gasteiger partial charge in [-0.1, -0.05) is 23.2 Å². The number of nitrogen functional groups attached to an aromatic ring is 1. The Morgan fingerprint density at radius 2 is 1.85 bits per heavy atom. The third-order valence-electron chi connectivity index (χ3n) is 2.67. The predicted molar refractivity (Wildman–Crippen MR) is 81.8 cm³/mol. The van der Waals surface area contributed by atoms with Crippen LogP contribution in [0.25, 0.3) is 0 Å². The average Bonchev–Trinajstić information content (AvgIpc) is 2.43. The fraction of sp³-hybridized carbons (Fsp3) is 0.0714. The van der Waals surface area contributed by atoms with E-state index in [-0.39, 0.29) is 5.91 Å². The zero-order valence-electron chi connectivity index (χ0n) is 10.6. The van der Waals surface area contributed by atoms with Crippen molar-refractivity contribution in [3.05, 3.63) is 52.0 Å². The lowest BCUT2D eigenvalue weighted by Gasteiger charge is -2.11. The fourth-order valence-corrected chi connectivity index (χ4v) is 1.94. The van der Waals surface area contributed by atoms with Gasteiger partial charge < -0.3 is 15.8 Å². The Morgan fingerprint density at radius 3 is 2.45 bits per heavy atom. The summed E-state index contributed by atoms with van der Waals surface area (Å²) in [6.45, 7) is 0. The average molecular weight is 311 g/mol. The maximum absolute atomic E-state index is 12.2. The van der Waals surface area contributed by atoms with Gasteiger partial charge in [-0.05, 0) is 30.3 Å². The molecule has 0 bridgehead atoms. The molecular weight excluding hydrogens is 299 g/mol. The molecule has 0 aliphatic carbocycles. The van der Waals surface area contributed by atoms with Crippen molar-refractivity contribution in [3.63, 3.8) is 0 Å². The van der Waals surface area contributed by atoms with Gasteiger partial charge in [0, 0.05) is 16.8 Å². The molecule has 3 N–H and O–H groups in total. The molecule has 0 aromatic heterocycles. The number of anilines is 2. The number of methoxy groups -OCH3 is 1. The maximum atomic E-state index is 12.2. The van der Waals surface area contributed by atoms with E-state index in [2.05, 4.69) is 5.32 Å². The lowest BCUT2D eigenvalue weighted by molar-refractivity contribution is 0.102. The van der Waals surface area contributed by atoms with E-state index in [1.807, 2.05) is 0 Å². The molecule has 20 heavy (non-hydrogen) atoms. The largest absolute Gasteiger partial charge is 0.496 e. The number of nitrogens with two attached hydrogens (primary N) is 1.